The van der Waals surface area contributed by atoms with Gasteiger partial charge in [-0.1, -0.05) is 6.07 Å². The highest BCUT2D eigenvalue weighted by Crippen LogP contribution is 2.13. The smallest absolute Gasteiger partial charge is 0.129 e. The van der Waals surface area contributed by atoms with Crippen LogP contribution in [0.3, 0.4) is 0 Å². The molecule has 1 heterocycles. The van der Waals surface area contributed by atoms with Crippen LogP contribution in [0.15, 0.2) is 24.4 Å². The fourth-order valence-corrected chi connectivity index (χ4v) is 1.79. The first-order chi connectivity index (χ1) is 9.33. The lowest BCUT2D eigenvalue weighted by atomic mass is 10.1. The van der Waals surface area contributed by atoms with Gasteiger partial charge in [0.05, 0.1) is 0 Å². The maximum atomic E-state index is 13.6. The summed E-state index contributed by atoms with van der Waals surface area (Å²) < 4.78 is 26.4. The maximum Gasteiger partial charge on any atom is 0.129 e. The van der Waals surface area contributed by atoms with E-state index in [9.17, 15) is 8.78 Å². The fourth-order valence-electron chi connectivity index (χ4n) is 1.79. The normalized spacial score (nSPS) is 11.8. The number of halogens is 2. The highest BCUT2D eigenvalue weighted by molar-refractivity contribution is 5.22. The van der Waals surface area contributed by atoms with Gasteiger partial charge in [-0.05, 0) is 32.4 Å². The second-order valence-electron chi connectivity index (χ2n) is 5.87. The van der Waals surface area contributed by atoms with Gasteiger partial charge in [-0.25, -0.2) is 13.8 Å². The van der Waals surface area contributed by atoms with Crippen molar-refractivity contribution in [3.05, 3.63) is 53.1 Å². The van der Waals surface area contributed by atoms with Crippen LogP contribution in [0.5, 0.6) is 0 Å². The van der Waals surface area contributed by atoms with Crippen molar-refractivity contribution in [1.29, 1.82) is 0 Å². The van der Waals surface area contributed by atoms with Crippen LogP contribution in [0.1, 0.15) is 37.9 Å². The van der Waals surface area contributed by atoms with Crippen LogP contribution in [0.4, 0.5) is 8.78 Å². The molecule has 0 aliphatic heterocycles. The monoisotopic (exact) mass is 279 g/mol. The standard InChI is InChI=1S/C15H19F2N3/c1-15(2,3)19-9-12-8-18-14(20-12)6-10-4-5-11(16)7-13(10)17/h4-5,7-8,19H,6,9H2,1-3H3,(H,18,20). The van der Waals surface area contributed by atoms with Crippen molar-refractivity contribution in [2.45, 2.75) is 39.3 Å². The van der Waals surface area contributed by atoms with Crippen LogP contribution in [0.2, 0.25) is 0 Å². The minimum atomic E-state index is -0.569. The van der Waals surface area contributed by atoms with Gasteiger partial charge in [-0.3, -0.25) is 0 Å². The topological polar surface area (TPSA) is 40.7 Å². The van der Waals surface area contributed by atoms with Crippen molar-refractivity contribution in [3.8, 4) is 0 Å². The summed E-state index contributed by atoms with van der Waals surface area (Å²) in [6, 6.07) is 3.59. The lowest BCUT2D eigenvalue weighted by molar-refractivity contribution is 0.421. The number of nitrogens with zero attached hydrogens (tertiary/aromatic N) is 1. The third-order valence-corrected chi connectivity index (χ3v) is 2.86. The molecule has 0 atom stereocenters. The van der Waals surface area contributed by atoms with E-state index < -0.39 is 11.6 Å². The number of H-pyrrole nitrogens is 1. The van der Waals surface area contributed by atoms with E-state index in [4.69, 9.17) is 0 Å². The third-order valence-electron chi connectivity index (χ3n) is 2.86. The fraction of sp³-hybridized carbons (Fsp3) is 0.400. The van der Waals surface area contributed by atoms with Crippen molar-refractivity contribution < 1.29 is 8.78 Å². The highest BCUT2D eigenvalue weighted by Gasteiger charge is 2.11. The maximum absolute atomic E-state index is 13.6. The van der Waals surface area contributed by atoms with Gasteiger partial charge in [-0.2, -0.15) is 0 Å². The second kappa shape index (κ2) is 5.71. The summed E-state index contributed by atoms with van der Waals surface area (Å²) in [5, 5.41) is 3.34. The molecule has 2 aromatic rings. The van der Waals surface area contributed by atoms with Gasteiger partial charge < -0.3 is 10.3 Å². The second-order valence-corrected chi connectivity index (χ2v) is 5.87. The molecule has 0 radical (unpaired) electrons. The first-order valence-corrected chi connectivity index (χ1v) is 6.55. The van der Waals surface area contributed by atoms with E-state index in [1.165, 1.54) is 12.1 Å². The van der Waals surface area contributed by atoms with E-state index in [1.54, 1.807) is 6.20 Å². The number of benzene rings is 1. The Balaban J connectivity index is 2.02. The zero-order valence-electron chi connectivity index (χ0n) is 11.9. The number of aromatic amines is 1. The van der Waals surface area contributed by atoms with Gasteiger partial charge >= 0.3 is 0 Å². The minimum Gasteiger partial charge on any atom is -0.345 e. The molecule has 0 aliphatic carbocycles. The Morgan fingerprint density at radius 1 is 1.25 bits per heavy atom. The summed E-state index contributed by atoms with van der Waals surface area (Å²) in [5.41, 5.74) is 1.39. The summed E-state index contributed by atoms with van der Waals surface area (Å²) in [6.45, 7) is 6.91. The highest BCUT2D eigenvalue weighted by atomic mass is 19.1. The molecule has 0 saturated carbocycles. The Morgan fingerprint density at radius 2 is 2.00 bits per heavy atom. The predicted octanol–water partition coefficient (Wildman–Crippen LogP) is 3.17. The van der Waals surface area contributed by atoms with Gasteiger partial charge in [0, 0.05) is 36.5 Å². The number of hydrogen-bond acceptors (Lipinski definition) is 2. The molecule has 2 N–H and O–H groups in total. The molecule has 0 amide bonds. The van der Waals surface area contributed by atoms with Crippen LogP contribution in [-0.4, -0.2) is 15.5 Å². The van der Waals surface area contributed by atoms with Crippen LogP contribution >= 0.6 is 0 Å². The molecule has 0 fully saturated rings. The van der Waals surface area contributed by atoms with E-state index >= 15 is 0 Å². The lowest BCUT2D eigenvalue weighted by Gasteiger charge is -2.19. The summed E-state index contributed by atoms with van der Waals surface area (Å²) >= 11 is 0. The van der Waals surface area contributed by atoms with Crippen molar-refractivity contribution >= 4 is 0 Å². The van der Waals surface area contributed by atoms with Crippen LogP contribution < -0.4 is 5.32 Å². The van der Waals surface area contributed by atoms with E-state index in [0.29, 0.717) is 24.4 Å². The molecule has 20 heavy (non-hydrogen) atoms. The van der Waals surface area contributed by atoms with Crippen LogP contribution in [-0.2, 0) is 13.0 Å². The first kappa shape index (κ1) is 14.7. The molecule has 3 nitrogen and oxygen atoms in total. The van der Waals surface area contributed by atoms with E-state index in [0.717, 1.165) is 11.8 Å². The molecule has 1 aromatic carbocycles. The molecule has 0 bridgehead atoms. The van der Waals surface area contributed by atoms with Crippen molar-refractivity contribution in [2.24, 2.45) is 0 Å². The minimum absolute atomic E-state index is 0.0222. The molecule has 0 saturated heterocycles. The van der Waals surface area contributed by atoms with E-state index in [-0.39, 0.29) is 5.54 Å². The Labute approximate surface area is 117 Å². The summed E-state index contributed by atoms with van der Waals surface area (Å²) in [6.07, 6.45) is 2.05. The molecule has 108 valence electrons. The third kappa shape index (κ3) is 4.13. The molecular weight excluding hydrogens is 260 g/mol. The summed E-state index contributed by atoms with van der Waals surface area (Å²) in [5.74, 6) is -0.447. The number of imidazole rings is 1. The molecular formula is C15H19F2N3. The zero-order chi connectivity index (χ0) is 14.8. The van der Waals surface area contributed by atoms with Gasteiger partial charge in [-0.15, -0.1) is 0 Å². The summed E-state index contributed by atoms with van der Waals surface area (Å²) in [7, 11) is 0. The first-order valence-electron chi connectivity index (χ1n) is 6.55. The average Bonchev–Trinajstić information content (AvgIpc) is 2.77. The van der Waals surface area contributed by atoms with Crippen LogP contribution in [0, 0.1) is 11.6 Å². The van der Waals surface area contributed by atoms with Gasteiger partial charge in [0.1, 0.15) is 17.5 Å². The zero-order valence-corrected chi connectivity index (χ0v) is 11.9. The molecule has 0 spiro atoms. The van der Waals surface area contributed by atoms with Gasteiger partial charge in [0.15, 0.2) is 0 Å². The SMILES string of the molecule is CC(C)(C)NCc1cnc(Cc2ccc(F)cc2F)[nH]1. The number of hydrogen-bond donors (Lipinski definition) is 2. The van der Waals surface area contributed by atoms with Crippen LogP contribution in [0.25, 0.3) is 0 Å². The number of rotatable bonds is 4. The Morgan fingerprint density at radius 3 is 2.65 bits per heavy atom. The lowest BCUT2D eigenvalue weighted by Crippen LogP contribution is -2.35. The van der Waals surface area contributed by atoms with Crippen molar-refractivity contribution in [2.75, 3.05) is 0 Å². The van der Waals surface area contributed by atoms with Gasteiger partial charge in [0.25, 0.3) is 0 Å². The molecule has 2 rings (SSSR count). The van der Waals surface area contributed by atoms with E-state index in [2.05, 4.69) is 36.1 Å². The molecule has 0 unspecified atom stereocenters. The largest absolute Gasteiger partial charge is 0.345 e. The Bertz CT molecular complexity index is 585. The number of nitrogens with one attached hydrogen (secondary N) is 2. The Kier molecular flexibility index (Phi) is 4.18. The van der Waals surface area contributed by atoms with E-state index in [1.807, 2.05) is 0 Å². The molecule has 1 aromatic heterocycles. The predicted molar refractivity (Wildman–Crippen MR) is 74.3 cm³/mol. The Hall–Kier alpha value is -1.75. The van der Waals surface area contributed by atoms with Gasteiger partial charge in [0.2, 0.25) is 0 Å². The van der Waals surface area contributed by atoms with Crippen molar-refractivity contribution in [3.63, 3.8) is 0 Å². The molecule has 0 aliphatic rings. The number of aromatic nitrogens is 2. The quantitative estimate of drug-likeness (QED) is 0.902. The van der Waals surface area contributed by atoms with Crippen molar-refractivity contribution in [1.82, 2.24) is 15.3 Å². The summed E-state index contributed by atoms with van der Waals surface area (Å²) in [4.78, 5) is 7.36. The average molecular weight is 279 g/mol. The molecule has 5 heteroatoms.